The average Bonchev–Trinajstić information content (AvgIpc) is 2.77. The van der Waals surface area contributed by atoms with Crippen LogP contribution >= 0.6 is 0 Å². The number of fused-ring (bicyclic) bond motifs is 1. The Kier molecular flexibility index (Phi) is 4.13. The lowest BCUT2D eigenvalue weighted by molar-refractivity contribution is -0.145. The number of hydrogen-bond acceptors (Lipinski definition) is 4. The molecule has 0 radical (unpaired) electrons. The number of aryl methyl sites for hydroxylation is 1. The molecule has 1 aromatic carbocycles. The quantitative estimate of drug-likeness (QED) is 0.860. The van der Waals surface area contributed by atoms with Gasteiger partial charge in [-0.15, -0.1) is 0 Å². The fourth-order valence-electron chi connectivity index (χ4n) is 3.09. The van der Waals surface area contributed by atoms with Gasteiger partial charge in [0, 0.05) is 0 Å². The van der Waals surface area contributed by atoms with Crippen LogP contribution in [0.15, 0.2) is 41.3 Å². The van der Waals surface area contributed by atoms with Gasteiger partial charge < -0.3 is 9.47 Å². The first-order chi connectivity index (χ1) is 10.7. The molecular formula is C17H23NO4S. The molecule has 6 heteroatoms. The van der Waals surface area contributed by atoms with Crippen molar-refractivity contribution in [3.63, 3.8) is 0 Å². The molecule has 0 saturated carbocycles. The summed E-state index contributed by atoms with van der Waals surface area (Å²) in [5, 5.41) is 0. The summed E-state index contributed by atoms with van der Waals surface area (Å²) in [5.74, 6) is -0.689. The third-order valence-corrected chi connectivity index (χ3v) is 5.79. The zero-order valence-electron chi connectivity index (χ0n) is 13.8. The first kappa shape index (κ1) is 16.6. The molecule has 0 amide bonds. The lowest BCUT2D eigenvalue weighted by atomic mass is 9.88. The SMILES string of the molecule is Cc1ccc(S(=O)(=O)N[C@H]2[C@@H]3OC(C)(C)O[C@@H]3C=C[C@@H]2C)cc1. The van der Waals surface area contributed by atoms with Gasteiger partial charge in [-0.1, -0.05) is 36.8 Å². The molecule has 1 aliphatic heterocycles. The first-order valence-corrected chi connectivity index (χ1v) is 9.29. The number of ether oxygens (including phenoxy) is 2. The predicted octanol–water partition coefficient (Wildman–Crippen LogP) is 2.37. The molecule has 1 aliphatic carbocycles. The summed E-state index contributed by atoms with van der Waals surface area (Å²) in [4.78, 5) is 0.263. The molecule has 2 aliphatic rings. The summed E-state index contributed by atoms with van der Waals surface area (Å²) in [6.07, 6.45) is 3.38. The molecule has 1 aromatic rings. The van der Waals surface area contributed by atoms with Crippen LogP contribution in [0.4, 0.5) is 0 Å². The van der Waals surface area contributed by atoms with E-state index in [0.29, 0.717) is 0 Å². The van der Waals surface area contributed by atoms with Crippen molar-refractivity contribution in [3.05, 3.63) is 42.0 Å². The van der Waals surface area contributed by atoms with Gasteiger partial charge in [0.15, 0.2) is 5.79 Å². The molecule has 4 atom stereocenters. The molecule has 23 heavy (non-hydrogen) atoms. The lowest BCUT2D eigenvalue weighted by Crippen LogP contribution is -2.52. The molecule has 0 bridgehead atoms. The van der Waals surface area contributed by atoms with Crippen LogP contribution in [0.25, 0.3) is 0 Å². The monoisotopic (exact) mass is 337 g/mol. The van der Waals surface area contributed by atoms with E-state index in [-0.39, 0.29) is 29.1 Å². The summed E-state index contributed by atoms with van der Waals surface area (Å²) in [6, 6.07) is 6.46. The molecule has 126 valence electrons. The molecular weight excluding hydrogens is 314 g/mol. The van der Waals surface area contributed by atoms with E-state index in [1.54, 1.807) is 24.3 Å². The highest BCUT2D eigenvalue weighted by atomic mass is 32.2. The molecule has 3 rings (SSSR count). The van der Waals surface area contributed by atoms with Crippen molar-refractivity contribution in [3.8, 4) is 0 Å². The number of rotatable bonds is 3. The zero-order chi connectivity index (χ0) is 16.8. The third kappa shape index (κ3) is 3.35. The summed E-state index contributed by atoms with van der Waals surface area (Å²) < 4.78 is 39.9. The maximum Gasteiger partial charge on any atom is 0.240 e. The first-order valence-electron chi connectivity index (χ1n) is 7.81. The van der Waals surface area contributed by atoms with E-state index >= 15 is 0 Å². The van der Waals surface area contributed by atoms with Gasteiger partial charge in [0.05, 0.1) is 10.9 Å². The van der Waals surface area contributed by atoms with Gasteiger partial charge in [0.25, 0.3) is 0 Å². The van der Waals surface area contributed by atoms with Crippen LogP contribution in [-0.4, -0.2) is 32.5 Å². The summed E-state index contributed by atoms with van der Waals surface area (Å²) >= 11 is 0. The topological polar surface area (TPSA) is 64.6 Å². The van der Waals surface area contributed by atoms with E-state index in [4.69, 9.17) is 9.47 Å². The van der Waals surface area contributed by atoms with Gasteiger partial charge in [-0.2, -0.15) is 0 Å². The van der Waals surface area contributed by atoms with Gasteiger partial charge in [-0.05, 0) is 38.8 Å². The summed E-state index contributed by atoms with van der Waals surface area (Å²) in [5.41, 5.74) is 1.02. The second-order valence-corrected chi connectivity index (χ2v) is 8.48. The van der Waals surface area contributed by atoms with Gasteiger partial charge in [-0.25, -0.2) is 13.1 Å². The largest absolute Gasteiger partial charge is 0.343 e. The van der Waals surface area contributed by atoms with Crippen molar-refractivity contribution in [2.45, 2.75) is 56.6 Å². The molecule has 0 unspecified atom stereocenters. The standard InChI is InChI=1S/C17H23NO4S/c1-11-5-8-13(9-6-11)23(19,20)18-15-12(2)7-10-14-16(15)22-17(3,4)21-14/h5-10,12,14-16,18H,1-4H3/t12-,14+,15+,16+/m0/s1. The van der Waals surface area contributed by atoms with E-state index in [1.807, 2.05) is 39.8 Å². The Balaban J connectivity index is 1.86. The lowest BCUT2D eigenvalue weighted by Gasteiger charge is -2.33. The van der Waals surface area contributed by atoms with Crippen molar-refractivity contribution >= 4 is 10.0 Å². The van der Waals surface area contributed by atoms with E-state index in [1.165, 1.54) is 0 Å². The second-order valence-electron chi connectivity index (χ2n) is 6.77. The molecule has 5 nitrogen and oxygen atoms in total. The van der Waals surface area contributed by atoms with Gasteiger partial charge in [-0.3, -0.25) is 0 Å². The van der Waals surface area contributed by atoms with Crippen LogP contribution < -0.4 is 4.72 Å². The number of benzene rings is 1. The Hall–Kier alpha value is -1.21. The smallest absolute Gasteiger partial charge is 0.240 e. The maximum atomic E-state index is 12.7. The highest BCUT2D eigenvalue weighted by Crippen LogP contribution is 2.36. The van der Waals surface area contributed by atoms with Crippen LogP contribution in [0.5, 0.6) is 0 Å². The van der Waals surface area contributed by atoms with Crippen LogP contribution in [0.2, 0.25) is 0 Å². The van der Waals surface area contributed by atoms with Crippen molar-refractivity contribution in [1.29, 1.82) is 0 Å². The minimum Gasteiger partial charge on any atom is -0.343 e. The highest BCUT2D eigenvalue weighted by Gasteiger charge is 2.48. The Morgan fingerprint density at radius 1 is 1.09 bits per heavy atom. The maximum absolute atomic E-state index is 12.7. The average molecular weight is 337 g/mol. The Bertz CT molecular complexity index is 709. The van der Waals surface area contributed by atoms with Crippen molar-refractivity contribution in [2.75, 3.05) is 0 Å². The summed E-state index contributed by atoms with van der Waals surface area (Å²) in [7, 11) is -3.60. The Labute approximate surface area is 137 Å². The second kappa shape index (κ2) is 5.70. The molecule has 1 heterocycles. The van der Waals surface area contributed by atoms with Crippen LogP contribution in [0.3, 0.4) is 0 Å². The molecule has 1 saturated heterocycles. The van der Waals surface area contributed by atoms with Crippen LogP contribution in [0.1, 0.15) is 26.3 Å². The number of hydrogen-bond donors (Lipinski definition) is 1. The Morgan fingerprint density at radius 2 is 1.74 bits per heavy atom. The molecule has 1 N–H and O–H groups in total. The van der Waals surface area contributed by atoms with E-state index < -0.39 is 15.8 Å². The fourth-order valence-corrected chi connectivity index (χ4v) is 4.42. The van der Waals surface area contributed by atoms with Crippen LogP contribution in [0, 0.1) is 12.8 Å². The van der Waals surface area contributed by atoms with Crippen molar-refractivity contribution in [2.24, 2.45) is 5.92 Å². The van der Waals surface area contributed by atoms with Crippen LogP contribution in [-0.2, 0) is 19.5 Å². The molecule has 0 aromatic heterocycles. The molecule has 1 fully saturated rings. The number of nitrogens with one attached hydrogen (secondary N) is 1. The van der Waals surface area contributed by atoms with Gasteiger partial charge in [0.1, 0.15) is 12.2 Å². The zero-order valence-corrected chi connectivity index (χ0v) is 14.6. The Morgan fingerprint density at radius 3 is 2.39 bits per heavy atom. The van der Waals surface area contributed by atoms with Gasteiger partial charge >= 0.3 is 0 Å². The fraction of sp³-hybridized carbons (Fsp3) is 0.529. The van der Waals surface area contributed by atoms with E-state index in [2.05, 4.69) is 4.72 Å². The van der Waals surface area contributed by atoms with Crippen molar-refractivity contribution in [1.82, 2.24) is 4.72 Å². The van der Waals surface area contributed by atoms with E-state index in [9.17, 15) is 8.42 Å². The molecule has 0 spiro atoms. The van der Waals surface area contributed by atoms with Gasteiger partial charge in [0.2, 0.25) is 10.0 Å². The normalized spacial score (nSPS) is 32.7. The predicted molar refractivity (Wildman–Crippen MR) is 87.4 cm³/mol. The minimum atomic E-state index is -3.60. The van der Waals surface area contributed by atoms with Crippen molar-refractivity contribution < 1.29 is 17.9 Å². The number of sulfonamides is 1. The minimum absolute atomic E-state index is 0.0222. The van der Waals surface area contributed by atoms with E-state index in [0.717, 1.165) is 5.56 Å². The third-order valence-electron chi connectivity index (χ3n) is 4.31. The summed E-state index contributed by atoms with van der Waals surface area (Å²) in [6.45, 7) is 7.59. The highest BCUT2D eigenvalue weighted by molar-refractivity contribution is 7.89.